The van der Waals surface area contributed by atoms with E-state index in [9.17, 15) is 0 Å². The summed E-state index contributed by atoms with van der Waals surface area (Å²) in [6.07, 6.45) is 1.88. The van der Waals surface area contributed by atoms with Gasteiger partial charge in [-0.3, -0.25) is 14.8 Å². The van der Waals surface area contributed by atoms with Crippen molar-refractivity contribution in [2.75, 3.05) is 26.2 Å². The van der Waals surface area contributed by atoms with Gasteiger partial charge < -0.3 is 0 Å². The zero-order valence-electron chi connectivity index (χ0n) is 11.8. The molecule has 0 bridgehead atoms. The SMILES string of the molecule is c1ccc(CN2CCN(Cc3ccccn3)CC2)cc1. The second-order valence-corrected chi connectivity index (χ2v) is 5.36. The molecule has 3 nitrogen and oxygen atoms in total. The summed E-state index contributed by atoms with van der Waals surface area (Å²) in [7, 11) is 0. The Morgan fingerprint density at radius 1 is 0.750 bits per heavy atom. The van der Waals surface area contributed by atoms with E-state index in [1.54, 1.807) is 0 Å². The van der Waals surface area contributed by atoms with E-state index in [0.29, 0.717) is 0 Å². The molecule has 0 unspecified atom stereocenters. The Labute approximate surface area is 120 Å². The number of rotatable bonds is 4. The predicted molar refractivity (Wildman–Crippen MR) is 81.2 cm³/mol. The molecule has 104 valence electrons. The summed E-state index contributed by atoms with van der Waals surface area (Å²) in [5, 5.41) is 0. The Morgan fingerprint density at radius 2 is 1.40 bits per heavy atom. The maximum absolute atomic E-state index is 4.40. The van der Waals surface area contributed by atoms with Gasteiger partial charge in [-0.1, -0.05) is 36.4 Å². The minimum atomic E-state index is 0.972. The number of hydrogen-bond acceptors (Lipinski definition) is 3. The first-order valence-electron chi connectivity index (χ1n) is 7.29. The number of aromatic nitrogens is 1. The van der Waals surface area contributed by atoms with E-state index < -0.39 is 0 Å². The molecule has 1 aliphatic heterocycles. The Bertz CT molecular complexity index is 455. The van der Waals surface area contributed by atoms with Gasteiger partial charge in [-0.2, -0.15) is 0 Å². The molecule has 1 fully saturated rings. The van der Waals surface area contributed by atoms with Gasteiger partial charge in [-0.15, -0.1) is 0 Å². The van der Waals surface area contributed by atoms with Gasteiger partial charge in [0.1, 0.15) is 0 Å². The van der Waals surface area contributed by atoms with Crippen LogP contribution >= 0.6 is 0 Å². The molecule has 0 amide bonds. The molecule has 0 atom stereocenters. The highest BCUT2D eigenvalue weighted by molar-refractivity contribution is 5.14. The maximum atomic E-state index is 4.40. The van der Waals surface area contributed by atoms with E-state index in [-0.39, 0.29) is 0 Å². The van der Waals surface area contributed by atoms with E-state index in [1.165, 1.54) is 11.3 Å². The van der Waals surface area contributed by atoms with Crippen molar-refractivity contribution in [2.24, 2.45) is 0 Å². The van der Waals surface area contributed by atoms with Crippen LogP contribution in [0, 0.1) is 0 Å². The topological polar surface area (TPSA) is 19.4 Å². The quantitative estimate of drug-likeness (QED) is 0.848. The number of pyridine rings is 1. The third-order valence-corrected chi connectivity index (χ3v) is 3.83. The number of piperazine rings is 1. The minimum absolute atomic E-state index is 0.972. The average molecular weight is 267 g/mol. The smallest absolute Gasteiger partial charge is 0.0543 e. The van der Waals surface area contributed by atoms with E-state index in [0.717, 1.165) is 39.3 Å². The molecule has 0 radical (unpaired) electrons. The molecule has 3 rings (SSSR count). The lowest BCUT2D eigenvalue weighted by Crippen LogP contribution is -2.45. The van der Waals surface area contributed by atoms with Crippen LogP contribution < -0.4 is 0 Å². The lowest BCUT2D eigenvalue weighted by atomic mass is 10.2. The third-order valence-electron chi connectivity index (χ3n) is 3.83. The van der Waals surface area contributed by atoms with Crippen LogP contribution in [0.25, 0.3) is 0 Å². The van der Waals surface area contributed by atoms with Gasteiger partial charge in [0.05, 0.1) is 5.69 Å². The van der Waals surface area contributed by atoms with Crippen molar-refractivity contribution >= 4 is 0 Å². The molecule has 0 aliphatic carbocycles. The Kier molecular flexibility index (Phi) is 4.41. The van der Waals surface area contributed by atoms with Crippen LogP contribution in [0.15, 0.2) is 54.7 Å². The van der Waals surface area contributed by atoms with E-state index in [2.05, 4.69) is 57.2 Å². The molecular formula is C17H21N3. The van der Waals surface area contributed by atoms with Crippen molar-refractivity contribution in [1.29, 1.82) is 0 Å². The van der Waals surface area contributed by atoms with Gasteiger partial charge in [0.15, 0.2) is 0 Å². The summed E-state index contributed by atoms with van der Waals surface area (Å²) in [6.45, 7) is 6.58. The highest BCUT2D eigenvalue weighted by Gasteiger charge is 2.17. The fourth-order valence-corrected chi connectivity index (χ4v) is 2.67. The fraction of sp³-hybridized carbons (Fsp3) is 0.353. The first-order chi connectivity index (χ1) is 9.90. The zero-order chi connectivity index (χ0) is 13.6. The Balaban J connectivity index is 1.47. The molecule has 2 aromatic rings. The van der Waals surface area contributed by atoms with Gasteiger partial charge >= 0.3 is 0 Å². The van der Waals surface area contributed by atoms with Crippen LogP contribution in [-0.4, -0.2) is 41.0 Å². The lowest BCUT2D eigenvalue weighted by Gasteiger charge is -2.34. The van der Waals surface area contributed by atoms with Crippen molar-refractivity contribution in [3.8, 4) is 0 Å². The molecule has 0 N–H and O–H groups in total. The summed E-state index contributed by atoms with van der Waals surface area (Å²) in [5.41, 5.74) is 2.58. The molecule has 1 aliphatic rings. The number of nitrogens with zero attached hydrogens (tertiary/aromatic N) is 3. The Morgan fingerprint density at radius 3 is 2.05 bits per heavy atom. The first-order valence-corrected chi connectivity index (χ1v) is 7.29. The Hall–Kier alpha value is -1.71. The molecule has 0 saturated carbocycles. The van der Waals surface area contributed by atoms with Gasteiger partial charge in [-0.25, -0.2) is 0 Å². The van der Waals surface area contributed by atoms with E-state index in [1.807, 2.05) is 12.3 Å². The maximum Gasteiger partial charge on any atom is 0.0543 e. The van der Waals surface area contributed by atoms with E-state index >= 15 is 0 Å². The highest BCUT2D eigenvalue weighted by Crippen LogP contribution is 2.10. The molecule has 2 heterocycles. The van der Waals surface area contributed by atoms with Crippen LogP contribution in [0.5, 0.6) is 0 Å². The molecule has 1 aromatic carbocycles. The summed E-state index contributed by atoms with van der Waals surface area (Å²) < 4.78 is 0. The molecule has 0 spiro atoms. The van der Waals surface area contributed by atoms with Crippen LogP contribution in [0.4, 0.5) is 0 Å². The molecule has 1 saturated heterocycles. The normalized spacial score (nSPS) is 17.2. The largest absolute Gasteiger partial charge is 0.297 e. The van der Waals surface area contributed by atoms with Crippen LogP contribution in [0.3, 0.4) is 0 Å². The van der Waals surface area contributed by atoms with Gasteiger partial charge in [0.25, 0.3) is 0 Å². The van der Waals surface area contributed by atoms with Gasteiger partial charge in [0.2, 0.25) is 0 Å². The number of hydrogen-bond donors (Lipinski definition) is 0. The number of benzene rings is 1. The minimum Gasteiger partial charge on any atom is -0.297 e. The van der Waals surface area contributed by atoms with Gasteiger partial charge in [-0.05, 0) is 17.7 Å². The van der Waals surface area contributed by atoms with Crippen LogP contribution in [0.2, 0.25) is 0 Å². The van der Waals surface area contributed by atoms with Crippen molar-refractivity contribution < 1.29 is 0 Å². The molecule has 20 heavy (non-hydrogen) atoms. The third kappa shape index (κ3) is 3.65. The van der Waals surface area contributed by atoms with Crippen molar-refractivity contribution in [3.05, 3.63) is 66.0 Å². The van der Waals surface area contributed by atoms with E-state index in [4.69, 9.17) is 0 Å². The second-order valence-electron chi connectivity index (χ2n) is 5.36. The first kappa shape index (κ1) is 13.3. The molecule has 3 heteroatoms. The molecular weight excluding hydrogens is 246 g/mol. The lowest BCUT2D eigenvalue weighted by molar-refractivity contribution is 0.121. The monoisotopic (exact) mass is 267 g/mol. The summed E-state index contributed by atoms with van der Waals surface area (Å²) in [5.74, 6) is 0. The standard InChI is InChI=1S/C17H21N3/c1-2-6-16(7-3-1)14-19-10-12-20(13-11-19)15-17-8-4-5-9-18-17/h1-9H,10-15H2. The van der Waals surface area contributed by atoms with Gasteiger partial charge in [0, 0.05) is 45.5 Å². The van der Waals surface area contributed by atoms with Crippen LogP contribution in [0.1, 0.15) is 11.3 Å². The second kappa shape index (κ2) is 6.64. The summed E-state index contributed by atoms with van der Waals surface area (Å²) in [4.78, 5) is 9.43. The predicted octanol–water partition coefficient (Wildman–Crippen LogP) is 2.40. The summed E-state index contributed by atoms with van der Waals surface area (Å²) >= 11 is 0. The van der Waals surface area contributed by atoms with Crippen molar-refractivity contribution in [1.82, 2.24) is 14.8 Å². The molecule has 1 aromatic heterocycles. The fourth-order valence-electron chi connectivity index (χ4n) is 2.67. The van der Waals surface area contributed by atoms with Crippen molar-refractivity contribution in [2.45, 2.75) is 13.1 Å². The highest BCUT2D eigenvalue weighted by atomic mass is 15.3. The summed E-state index contributed by atoms with van der Waals surface area (Å²) in [6, 6.07) is 16.9. The average Bonchev–Trinajstić information content (AvgIpc) is 2.51. The van der Waals surface area contributed by atoms with Crippen molar-refractivity contribution in [3.63, 3.8) is 0 Å². The zero-order valence-corrected chi connectivity index (χ0v) is 11.8. The van der Waals surface area contributed by atoms with Crippen LogP contribution in [-0.2, 0) is 13.1 Å².